The van der Waals surface area contributed by atoms with Crippen LogP contribution in [-0.4, -0.2) is 29.7 Å². The number of rotatable bonds is 2. The van der Waals surface area contributed by atoms with Crippen LogP contribution in [0.1, 0.15) is 64.4 Å². The van der Waals surface area contributed by atoms with Crippen LogP contribution in [0.5, 0.6) is 0 Å². The molecule has 2 aliphatic heterocycles. The molecule has 0 spiro atoms. The Morgan fingerprint density at radius 2 is 1.90 bits per heavy atom. The lowest BCUT2D eigenvalue weighted by atomic mass is 9.68. The van der Waals surface area contributed by atoms with Crippen molar-refractivity contribution < 1.29 is 14.0 Å². The van der Waals surface area contributed by atoms with Crippen molar-refractivity contribution in [3.05, 3.63) is 58.2 Å². The summed E-state index contributed by atoms with van der Waals surface area (Å²) in [6, 6.07) is 6.34. The molecule has 0 aromatic heterocycles. The molecule has 1 aromatic rings. The van der Waals surface area contributed by atoms with E-state index in [4.69, 9.17) is 0 Å². The first-order valence-electron chi connectivity index (χ1n) is 10.6. The number of nitrogens with zero attached hydrogens (tertiary/aromatic N) is 1. The molecule has 4 nitrogen and oxygen atoms in total. The molecule has 154 valence electrons. The van der Waals surface area contributed by atoms with Crippen molar-refractivity contribution in [2.75, 3.05) is 13.1 Å². The highest BCUT2D eigenvalue weighted by Gasteiger charge is 2.43. The first-order valence-corrected chi connectivity index (χ1v) is 10.6. The van der Waals surface area contributed by atoms with Gasteiger partial charge in [0.15, 0.2) is 5.78 Å². The van der Waals surface area contributed by atoms with Gasteiger partial charge in [0.1, 0.15) is 5.82 Å². The third-order valence-electron chi connectivity index (χ3n) is 6.30. The van der Waals surface area contributed by atoms with Crippen LogP contribution in [0.4, 0.5) is 4.39 Å². The van der Waals surface area contributed by atoms with Crippen LogP contribution in [0.3, 0.4) is 0 Å². The average Bonchev–Trinajstić information content (AvgIpc) is 2.66. The van der Waals surface area contributed by atoms with Crippen LogP contribution in [0.2, 0.25) is 0 Å². The molecule has 2 heterocycles. The minimum atomic E-state index is -0.514. The van der Waals surface area contributed by atoms with Crippen molar-refractivity contribution in [3.8, 4) is 0 Å². The Morgan fingerprint density at radius 3 is 2.59 bits per heavy atom. The van der Waals surface area contributed by atoms with Crippen molar-refractivity contribution in [3.63, 3.8) is 0 Å². The molecule has 1 aromatic carbocycles. The first-order chi connectivity index (χ1) is 13.8. The number of ketones is 1. The summed E-state index contributed by atoms with van der Waals surface area (Å²) in [5, 5.41) is 3.39. The van der Waals surface area contributed by atoms with Crippen molar-refractivity contribution in [2.45, 2.75) is 58.8 Å². The Kier molecular flexibility index (Phi) is 5.09. The zero-order chi connectivity index (χ0) is 20.8. The van der Waals surface area contributed by atoms with Gasteiger partial charge in [0.2, 0.25) is 0 Å². The number of Topliss-reactive ketones (excluding diaryl/α,β-unsaturated/α-hetero) is 1. The number of nitrogens with one attached hydrogen (secondary N) is 1. The largest absolute Gasteiger partial charge is 0.362 e. The van der Waals surface area contributed by atoms with Crippen LogP contribution < -0.4 is 5.32 Å². The fourth-order valence-electron chi connectivity index (χ4n) is 5.01. The molecule has 0 bridgehead atoms. The number of benzene rings is 1. The molecule has 0 saturated carbocycles. The van der Waals surface area contributed by atoms with Gasteiger partial charge in [-0.15, -0.1) is 0 Å². The average molecular weight is 397 g/mol. The van der Waals surface area contributed by atoms with Crippen LogP contribution in [0.25, 0.3) is 0 Å². The molecule has 1 N–H and O–H groups in total. The zero-order valence-corrected chi connectivity index (χ0v) is 17.5. The molecule has 0 radical (unpaired) electrons. The minimum absolute atomic E-state index is 0.0341. The number of carbonyl (C=O) groups excluding carboxylic acids is 2. The van der Waals surface area contributed by atoms with Crippen LogP contribution in [-0.2, 0) is 9.59 Å². The van der Waals surface area contributed by atoms with Crippen molar-refractivity contribution >= 4 is 11.7 Å². The number of carbonyl (C=O) groups is 2. The van der Waals surface area contributed by atoms with Gasteiger partial charge < -0.3 is 10.2 Å². The molecule has 1 atom stereocenters. The topological polar surface area (TPSA) is 49.4 Å². The van der Waals surface area contributed by atoms with E-state index < -0.39 is 5.92 Å². The van der Waals surface area contributed by atoms with E-state index in [9.17, 15) is 14.0 Å². The molecule has 1 amide bonds. The number of hydrogen-bond acceptors (Lipinski definition) is 3. The van der Waals surface area contributed by atoms with E-state index in [-0.39, 0.29) is 22.9 Å². The molecule has 4 rings (SSSR count). The predicted molar refractivity (Wildman–Crippen MR) is 110 cm³/mol. The lowest BCUT2D eigenvalue weighted by Gasteiger charge is -2.41. The fourth-order valence-corrected chi connectivity index (χ4v) is 5.01. The van der Waals surface area contributed by atoms with E-state index in [2.05, 4.69) is 19.2 Å². The Bertz CT molecular complexity index is 923. The number of hydrogen-bond donors (Lipinski definition) is 1. The predicted octanol–water partition coefficient (Wildman–Crippen LogP) is 4.44. The molecule has 1 aliphatic carbocycles. The zero-order valence-electron chi connectivity index (χ0n) is 17.5. The Hall–Kier alpha value is -2.43. The van der Waals surface area contributed by atoms with E-state index in [1.807, 2.05) is 17.9 Å². The maximum atomic E-state index is 14.1. The van der Waals surface area contributed by atoms with Gasteiger partial charge in [-0.3, -0.25) is 9.59 Å². The van der Waals surface area contributed by atoms with Gasteiger partial charge in [-0.05, 0) is 55.7 Å². The van der Waals surface area contributed by atoms with Crippen molar-refractivity contribution in [2.24, 2.45) is 5.41 Å². The summed E-state index contributed by atoms with van der Waals surface area (Å²) in [6.45, 7) is 7.54. The van der Waals surface area contributed by atoms with Gasteiger partial charge in [-0.2, -0.15) is 0 Å². The standard InChI is InChI=1S/C24H29FN2O2/c1-15-20(23(29)27-10-5-4-6-11-27)21(16-8-7-9-17(25)12-16)22-18(26-15)13-24(2,3)14-19(22)28/h7-9,12,21,26H,4-6,10-11,13-14H2,1-3H3/t21-/m0/s1. The first kappa shape index (κ1) is 19.9. The molecule has 29 heavy (non-hydrogen) atoms. The Labute approximate surface area is 171 Å². The molecule has 0 unspecified atom stereocenters. The molecule has 1 saturated heterocycles. The SMILES string of the molecule is CC1=C(C(=O)N2CCCCC2)[C@H](c2cccc(F)c2)C2=C(CC(C)(C)CC2=O)N1. The molecule has 3 aliphatic rings. The second-order valence-corrected chi connectivity index (χ2v) is 9.34. The highest BCUT2D eigenvalue weighted by atomic mass is 19.1. The van der Waals surface area contributed by atoms with E-state index in [0.29, 0.717) is 23.1 Å². The lowest BCUT2D eigenvalue weighted by Crippen LogP contribution is -2.43. The van der Waals surface area contributed by atoms with Gasteiger partial charge in [-0.25, -0.2) is 4.39 Å². The third-order valence-corrected chi connectivity index (χ3v) is 6.30. The van der Waals surface area contributed by atoms with E-state index in [0.717, 1.165) is 50.2 Å². The summed E-state index contributed by atoms with van der Waals surface area (Å²) in [4.78, 5) is 28.7. The number of amides is 1. The highest BCUT2D eigenvalue weighted by molar-refractivity contribution is 6.05. The van der Waals surface area contributed by atoms with Crippen LogP contribution >= 0.6 is 0 Å². The number of likely N-dealkylation sites (tertiary alicyclic amines) is 1. The van der Waals surface area contributed by atoms with Gasteiger partial charge >= 0.3 is 0 Å². The number of halogens is 1. The lowest BCUT2D eigenvalue weighted by molar-refractivity contribution is -0.128. The number of allylic oxidation sites excluding steroid dienone is 3. The van der Waals surface area contributed by atoms with Gasteiger partial charge in [0.05, 0.1) is 0 Å². The van der Waals surface area contributed by atoms with Crippen molar-refractivity contribution in [1.82, 2.24) is 10.2 Å². The fraction of sp³-hybridized carbons (Fsp3) is 0.500. The maximum Gasteiger partial charge on any atom is 0.252 e. The Morgan fingerprint density at radius 1 is 1.17 bits per heavy atom. The quantitative estimate of drug-likeness (QED) is 0.804. The maximum absolute atomic E-state index is 14.1. The Balaban J connectivity index is 1.83. The minimum Gasteiger partial charge on any atom is -0.362 e. The summed E-state index contributed by atoms with van der Waals surface area (Å²) >= 11 is 0. The van der Waals surface area contributed by atoms with Crippen molar-refractivity contribution in [1.29, 1.82) is 0 Å². The summed E-state index contributed by atoms with van der Waals surface area (Å²) < 4.78 is 14.1. The molecular weight excluding hydrogens is 367 g/mol. The van der Waals surface area contributed by atoms with E-state index >= 15 is 0 Å². The third kappa shape index (κ3) is 3.75. The molecular formula is C24H29FN2O2. The van der Waals surface area contributed by atoms with Gasteiger partial charge in [0, 0.05) is 48.0 Å². The summed E-state index contributed by atoms with van der Waals surface area (Å²) in [5.74, 6) is -0.850. The van der Waals surface area contributed by atoms with Crippen LogP contribution in [0, 0.1) is 11.2 Å². The smallest absolute Gasteiger partial charge is 0.252 e. The molecule has 5 heteroatoms. The van der Waals surface area contributed by atoms with E-state index in [1.54, 1.807) is 6.07 Å². The second-order valence-electron chi connectivity index (χ2n) is 9.34. The highest BCUT2D eigenvalue weighted by Crippen LogP contribution is 2.47. The number of dihydropyridines is 1. The normalized spacial score (nSPS) is 24.3. The van der Waals surface area contributed by atoms with Crippen LogP contribution in [0.15, 0.2) is 46.8 Å². The molecule has 1 fully saturated rings. The number of piperidine rings is 1. The summed E-state index contributed by atoms with van der Waals surface area (Å²) in [6.07, 6.45) is 4.30. The second kappa shape index (κ2) is 7.43. The van der Waals surface area contributed by atoms with E-state index in [1.165, 1.54) is 12.1 Å². The summed E-state index contributed by atoms with van der Waals surface area (Å²) in [7, 11) is 0. The van der Waals surface area contributed by atoms with Gasteiger partial charge in [0.25, 0.3) is 5.91 Å². The van der Waals surface area contributed by atoms with Gasteiger partial charge in [-0.1, -0.05) is 26.0 Å². The monoisotopic (exact) mass is 396 g/mol. The summed E-state index contributed by atoms with van der Waals surface area (Å²) in [5.41, 5.74) is 3.42.